The Bertz CT molecular complexity index is 1300. The largest absolute Gasteiger partial charge is 0.502 e. The summed E-state index contributed by atoms with van der Waals surface area (Å²) in [7, 11) is 2.76. The van der Waals surface area contributed by atoms with Crippen molar-refractivity contribution in [3.05, 3.63) is 68.0 Å². The second-order valence-electron chi connectivity index (χ2n) is 8.47. The Morgan fingerprint density at radius 1 is 1.15 bits per heavy atom. The molecule has 0 saturated carbocycles. The van der Waals surface area contributed by atoms with E-state index in [0.717, 1.165) is 25.9 Å². The van der Waals surface area contributed by atoms with Crippen molar-refractivity contribution in [1.82, 2.24) is 9.88 Å². The van der Waals surface area contributed by atoms with Gasteiger partial charge in [-0.1, -0.05) is 6.42 Å². The molecule has 180 valence electrons. The van der Waals surface area contributed by atoms with Gasteiger partial charge in [-0.3, -0.25) is 19.3 Å². The normalized spacial score (nSPS) is 15.2. The number of nitrogens with one attached hydrogen (secondary N) is 1. The number of aromatic nitrogens is 1. The molecule has 0 amide bonds. The minimum atomic E-state index is -1.02. The number of benzene rings is 1. The van der Waals surface area contributed by atoms with Crippen LogP contribution in [0.25, 0.3) is 10.9 Å². The number of methoxy groups -OCH3 is 2. The molecule has 1 aliphatic heterocycles. The zero-order valence-electron chi connectivity index (χ0n) is 19.3. The van der Waals surface area contributed by atoms with E-state index in [1.807, 2.05) is 0 Å². The lowest BCUT2D eigenvalue weighted by Crippen LogP contribution is -2.29. The van der Waals surface area contributed by atoms with Crippen molar-refractivity contribution in [2.24, 2.45) is 0 Å². The minimum Gasteiger partial charge on any atom is -0.502 e. The Hall–Kier alpha value is -3.59. The van der Waals surface area contributed by atoms with E-state index in [1.54, 1.807) is 24.3 Å². The van der Waals surface area contributed by atoms with Crippen LogP contribution in [-0.2, 0) is 16.1 Å². The summed E-state index contributed by atoms with van der Waals surface area (Å²) in [5.74, 6) is -1.42. The number of H-pyrrole nitrogens is 1. The number of fused-ring (bicyclic) bond motifs is 1. The molecule has 3 aromatic rings. The summed E-state index contributed by atoms with van der Waals surface area (Å²) < 4.78 is 16.0. The van der Waals surface area contributed by atoms with E-state index in [-0.39, 0.29) is 17.7 Å². The highest BCUT2D eigenvalue weighted by molar-refractivity contribution is 5.81. The highest BCUT2D eigenvalue weighted by Crippen LogP contribution is 2.33. The molecule has 0 bridgehead atoms. The maximum atomic E-state index is 13.1. The summed E-state index contributed by atoms with van der Waals surface area (Å²) in [6, 6.07) is 8.09. The molecule has 3 heterocycles. The zero-order chi connectivity index (χ0) is 24.2. The fourth-order valence-electron chi connectivity index (χ4n) is 4.38. The number of carbonyl (C=O) groups is 1. The van der Waals surface area contributed by atoms with Gasteiger partial charge >= 0.3 is 5.97 Å². The van der Waals surface area contributed by atoms with Crippen LogP contribution in [0.4, 0.5) is 0 Å². The van der Waals surface area contributed by atoms with Crippen LogP contribution in [0, 0.1) is 0 Å². The van der Waals surface area contributed by atoms with Gasteiger partial charge in [0.2, 0.25) is 11.2 Å². The molecule has 2 N–H and O–H groups in total. The number of esters is 1. The molecule has 9 nitrogen and oxygen atoms in total. The maximum absolute atomic E-state index is 13.1. The van der Waals surface area contributed by atoms with E-state index in [4.69, 9.17) is 13.9 Å². The number of aromatic hydroxyl groups is 1. The SMILES string of the molecule is COC(=O)C[C@H](c1oc(CN2CCCCC2)cc(=O)c1O)c1cc2ccc(OC)cc2[nH]c1=O. The molecule has 1 aromatic carbocycles. The third kappa shape index (κ3) is 4.99. The molecule has 9 heteroatoms. The van der Waals surface area contributed by atoms with Gasteiger partial charge in [0.15, 0.2) is 5.76 Å². The van der Waals surface area contributed by atoms with Gasteiger partial charge in [-0.25, -0.2) is 0 Å². The molecule has 34 heavy (non-hydrogen) atoms. The molecule has 0 spiro atoms. The zero-order valence-corrected chi connectivity index (χ0v) is 19.3. The summed E-state index contributed by atoms with van der Waals surface area (Å²) >= 11 is 0. The van der Waals surface area contributed by atoms with Crippen molar-refractivity contribution in [3.63, 3.8) is 0 Å². The molecule has 4 rings (SSSR count). The molecular formula is C25H28N2O7. The predicted octanol–water partition coefficient (Wildman–Crippen LogP) is 2.88. The monoisotopic (exact) mass is 468 g/mol. The Kier molecular flexibility index (Phi) is 7.02. The topological polar surface area (TPSA) is 122 Å². The van der Waals surface area contributed by atoms with Gasteiger partial charge in [-0.2, -0.15) is 0 Å². The Balaban J connectivity index is 1.81. The van der Waals surface area contributed by atoms with E-state index < -0.39 is 28.6 Å². The van der Waals surface area contributed by atoms with Gasteiger partial charge in [0.25, 0.3) is 5.56 Å². The van der Waals surface area contributed by atoms with Crippen LogP contribution in [0.5, 0.6) is 11.5 Å². The van der Waals surface area contributed by atoms with Crippen LogP contribution in [0.2, 0.25) is 0 Å². The van der Waals surface area contributed by atoms with Crippen molar-refractivity contribution in [2.45, 2.75) is 38.1 Å². The smallest absolute Gasteiger partial charge is 0.306 e. The number of hydrogen-bond donors (Lipinski definition) is 2. The average Bonchev–Trinajstić information content (AvgIpc) is 2.84. The standard InChI is InChI=1S/C25H28N2O7/c1-32-16-7-6-15-10-19(25(31)26-20(15)11-16)18(13-22(29)33-2)24-23(30)21(28)12-17(34-24)14-27-8-4-3-5-9-27/h6-7,10-12,18,30H,3-5,8-9,13-14H2,1-2H3,(H,26,31)/t18-/m0/s1. The average molecular weight is 469 g/mol. The third-order valence-electron chi connectivity index (χ3n) is 6.20. The van der Waals surface area contributed by atoms with Gasteiger partial charge in [-0.15, -0.1) is 0 Å². The summed E-state index contributed by atoms with van der Waals surface area (Å²) in [5.41, 5.74) is -0.366. The molecule has 1 aliphatic rings. The number of carbonyl (C=O) groups excluding carboxylic acids is 1. The number of pyridine rings is 1. The van der Waals surface area contributed by atoms with Crippen LogP contribution in [-0.4, -0.2) is 48.3 Å². The summed E-state index contributed by atoms with van der Waals surface area (Å²) in [6.07, 6.45) is 3.01. The first-order valence-electron chi connectivity index (χ1n) is 11.3. The molecule has 1 saturated heterocycles. The second kappa shape index (κ2) is 10.1. The lowest BCUT2D eigenvalue weighted by atomic mass is 9.92. The maximum Gasteiger partial charge on any atom is 0.306 e. The predicted molar refractivity (Wildman–Crippen MR) is 125 cm³/mol. The number of rotatable bonds is 7. The molecule has 0 aliphatic carbocycles. The number of likely N-dealkylation sites (tertiary alicyclic amines) is 1. The molecule has 0 radical (unpaired) electrons. The van der Waals surface area contributed by atoms with E-state index >= 15 is 0 Å². The van der Waals surface area contributed by atoms with Gasteiger partial charge in [-0.05, 0) is 49.5 Å². The molecule has 1 atom stereocenters. The van der Waals surface area contributed by atoms with Crippen molar-refractivity contribution in [3.8, 4) is 11.5 Å². The van der Waals surface area contributed by atoms with Gasteiger partial charge in [0.1, 0.15) is 11.5 Å². The Morgan fingerprint density at radius 3 is 2.62 bits per heavy atom. The molecular weight excluding hydrogens is 440 g/mol. The first kappa shape index (κ1) is 23.6. The van der Waals surface area contributed by atoms with Gasteiger partial charge in [0, 0.05) is 17.7 Å². The number of ether oxygens (including phenoxy) is 2. The minimum absolute atomic E-state index is 0.122. The quantitative estimate of drug-likeness (QED) is 0.508. The van der Waals surface area contributed by atoms with Crippen LogP contribution < -0.4 is 15.7 Å². The number of nitrogens with zero attached hydrogens (tertiary/aromatic N) is 1. The number of hydrogen-bond acceptors (Lipinski definition) is 8. The first-order valence-corrected chi connectivity index (χ1v) is 11.3. The van der Waals surface area contributed by atoms with Crippen LogP contribution in [0.15, 0.2) is 44.3 Å². The van der Waals surface area contributed by atoms with E-state index in [0.29, 0.717) is 29.0 Å². The van der Waals surface area contributed by atoms with Crippen molar-refractivity contribution in [1.29, 1.82) is 0 Å². The van der Waals surface area contributed by atoms with Crippen molar-refractivity contribution in [2.75, 3.05) is 27.3 Å². The van der Waals surface area contributed by atoms with E-state index in [2.05, 4.69) is 9.88 Å². The lowest BCUT2D eigenvalue weighted by molar-refractivity contribution is -0.140. The van der Waals surface area contributed by atoms with Crippen molar-refractivity contribution < 1.29 is 23.8 Å². The van der Waals surface area contributed by atoms with E-state index in [1.165, 1.54) is 26.7 Å². The highest BCUT2D eigenvalue weighted by Gasteiger charge is 2.29. The van der Waals surface area contributed by atoms with Crippen LogP contribution in [0.3, 0.4) is 0 Å². The first-order chi connectivity index (χ1) is 16.4. The molecule has 2 aromatic heterocycles. The molecule has 1 fully saturated rings. The van der Waals surface area contributed by atoms with E-state index in [9.17, 15) is 19.5 Å². The Labute approximate surface area is 195 Å². The number of aromatic amines is 1. The number of piperidine rings is 1. The van der Waals surface area contributed by atoms with Crippen LogP contribution >= 0.6 is 0 Å². The van der Waals surface area contributed by atoms with Gasteiger partial charge < -0.3 is 24.0 Å². The summed E-state index contributed by atoms with van der Waals surface area (Å²) in [6.45, 7) is 2.18. The fourth-order valence-corrected chi connectivity index (χ4v) is 4.38. The van der Waals surface area contributed by atoms with Crippen LogP contribution in [0.1, 0.15) is 48.7 Å². The summed E-state index contributed by atoms with van der Waals surface area (Å²) in [4.78, 5) is 42.9. The Morgan fingerprint density at radius 2 is 1.91 bits per heavy atom. The van der Waals surface area contributed by atoms with Gasteiger partial charge in [0.05, 0.1) is 38.6 Å². The van der Waals surface area contributed by atoms with Crippen molar-refractivity contribution >= 4 is 16.9 Å². The third-order valence-corrected chi connectivity index (χ3v) is 6.20. The highest BCUT2D eigenvalue weighted by atomic mass is 16.5. The summed E-state index contributed by atoms with van der Waals surface area (Å²) in [5, 5.41) is 11.3. The lowest BCUT2D eigenvalue weighted by Gasteiger charge is -2.26. The molecule has 0 unspecified atom stereocenters. The fraction of sp³-hybridized carbons (Fsp3) is 0.400. The second-order valence-corrected chi connectivity index (χ2v) is 8.47.